The van der Waals surface area contributed by atoms with Crippen molar-refractivity contribution in [1.82, 2.24) is 4.98 Å². The van der Waals surface area contributed by atoms with E-state index in [-0.39, 0.29) is 6.04 Å². The zero-order chi connectivity index (χ0) is 11.4. The second-order valence-electron chi connectivity index (χ2n) is 4.65. The van der Waals surface area contributed by atoms with Crippen LogP contribution >= 0.6 is 15.9 Å². The van der Waals surface area contributed by atoms with Gasteiger partial charge in [-0.2, -0.15) is 0 Å². The molecule has 88 valence electrons. The minimum atomic E-state index is 0.0914. The van der Waals surface area contributed by atoms with Crippen LogP contribution < -0.4 is 5.73 Å². The normalized spacial score (nSPS) is 20.4. The number of nitrogens with zero attached hydrogens (tertiary/aromatic N) is 1. The van der Waals surface area contributed by atoms with Crippen molar-refractivity contribution in [2.45, 2.75) is 44.6 Å². The summed E-state index contributed by atoms with van der Waals surface area (Å²) in [6, 6.07) is 4.06. The average Bonchev–Trinajstić information content (AvgIpc) is 2.57. The van der Waals surface area contributed by atoms with Crippen LogP contribution in [0.1, 0.15) is 50.3 Å². The third kappa shape index (κ3) is 2.83. The molecule has 0 amide bonds. The van der Waals surface area contributed by atoms with Crippen LogP contribution in [0, 0.1) is 5.92 Å². The fraction of sp³-hybridized carbons (Fsp3) is 0.615. The van der Waals surface area contributed by atoms with Gasteiger partial charge in [0.15, 0.2) is 0 Å². The SMILES string of the molecule is NC(c1ncccc1Br)C1CCCCCC1. The molecule has 1 aliphatic carbocycles. The predicted octanol–water partition coefficient (Wildman–Crippen LogP) is 3.81. The molecule has 16 heavy (non-hydrogen) atoms. The molecule has 1 atom stereocenters. The van der Waals surface area contributed by atoms with Crippen molar-refractivity contribution in [3.8, 4) is 0 Å². The summed E-state index contributed by atoms with van der Waals surface area (Å²) in [5, 5.41) is 0. The van der Waals surface area contributed by atoms with Gasteiger partial charge in [0, 0.05) is 10.7 Å². The molecule has 1 heterocycles. The molecule has 0 radical (unpaired) electrons. The van der Waals surface area contributed by atoms with E-state index >= 15 is 0 Å². The van der Waals surface area contributed by atoms with Crippen LogP contribution in [0.5, 0.6) is 0 Å². The summed E-state index contributed by atoms with van der Waals surface area (Å²) in [5.74, 6) is 0.605. The highest BCUT2D eigenvalue weighted by Crippen LogP contribution is 2.33. The van der Waals surface area contributed by atoms with Gasteiger partial charge in [-0.1, -0.05) is 25.7 Å². The van der Waals surface area contributed by atoms with E-state index in [9.17, 15) is 0 Å². The van der Waals surface area contributed by atoms with Crippen molar-refractivity contribution < 1.29 is 0 Å². The fourth-order valence-electron chi connectivity index (χ4n) is 2.54. The van der Waals surface area contributed by atoms with Crippen molar-refractivity contribution in [2.75, 3.05) is 0 Å². The van der Waals surface area contributed by atoms with E-state index < -0.39 is 0 Å². The summed E-state index contributed by atoms with van der Waals surface area (Å²) in [6.07, 6.45) is 9.72. The van der Waals surface area contributed by atoms with E-state index in [1.54, 1.807) is 0 Å². The van der Waals surface area contributed by atoms with Gasteiger partial charge in [-0.25, -0.2) is 0 Å². The van der Waals surface area contributed by atoms with Crippen molar-refractivity contribution in [3.05, 3.63) is 28.5 Å². The lowest BCUT2D eigenvalue weighted by Gasteiger charge is -2.22. The van der Waals surface area contributed by atoms with Gasteiger partial charge in [-0.15, -0.1) is 0 Å². The number of aromatic nitrogens is 1. The minimum absolute atomic E-state index is 0.0914. The van der Waals surface area contributed by atoms with Crippen LogP contribution in [0.15, 0.2) is 22.8 Å². The monoisotopic (exact) mass is 282 g/mol. The molecule has 1 unspecified atom stereocenters. The van der Waals surface area contributed by atoms with E-state index in [0.717, 1.165) is 10.2 Å². The number of nitrogens with two attached hydrogens (primary N) is 1. The Morgan fingerprint density at radius 2 is 1.94 bits per heavy atom. The summed E-state index contributed by atoms with van der Waals surface area (Å²) < 4.78 is 1.05. The molecule has 2 rings (SSSR count). The molecule has 3 heteroatoms. The Bertz CT molecular complexity index is 332. The molecular weight excluding hydrogens is 264 g/mol. The Hall–Kier alpha value is -0.410. The van der Waals surface area contributed by atoms with E-state index in [0.29, 0.717) is 5.92 Å². The Morgan fingerprint density at radius 3 is 2.56 bits per heavy atom. The van der Waals surface area contributed by atoms with Crippen LogP contribution in [-0.4, -0.2) is 4.98 Å². The molecular formula is C13H19BrN2. The molecule has 2 N–H and O–H groups in total. The maximum Gasteiger partial charge on any atom is 0.0715 e. The predicted molar refractivity (Wildman–Crippen MR) is 70.1 cm³/mol. The van der Waals surface area contributed by atoms with Gasteiger partial charge in [0.25, 0.3) is 0 Å². The van der Waals surface area contributed by atoms with Crippen molar-refractivity contribution in [2.24, 2.45) is 11.7 Å². The van der Waals surface area contributed by atoms with E-state index in [1.165, 1.54) is 38.5 Å². The molecule has 0 bridgehead atoms. The largest absolute Gasteiger partial charge is 0.322 e. The van der Waals surface area contributed by atoms with Crippen molar-refractivity contribution >= 4 is 15.9 Å². The van der Waals surface area contributed by atoms with Gasteiger partial charge >= 0.3 is 0 Å². The van der Waals surface area contributed by atoms with E-state index in [2.05, 4.69) is 20.9 Å². The first kappa shape index (κ1) is 12.1. The van der Waals surface area contributed by atoms with Gasteiger partial charge in [0.1, 0.15) is 0 Å². The van der Waals surface area contributed by atoms with Crippen LogP contribution in [0.2, 0.25) is 0 Å². The summed E-state index contributed by atoms with van der Waals surface area (Å²) in [7, 11) is 0. The molecule has 1 aromatic heterocycles. The number of hydrogen-bond donors (Lipinski definition) is 1. The molecule has 2 nitrogen and oxygen atoms in total. The lowest BCUT2D eigenvalue weighted by Crippen LogP contribution is -2.22. The minimum Gasteiger partial charge on any atom is -0.322 e. The third-order valence-corrected chi connectivity index (χ3v) is 4.18. The highest BCUT2D eigenvalue weighted by atomic mass is 79.9. The zero-order valence-electron chi connectivity index (χ0n) is 9.53. The first-order chi connectivity index (χ1) is 7.79. The topological polar surface area (TPSA) is 38.9 Å². The van der Waals surface area contributed by atoms with Crippen molar-refractivity contribution in [3.63, 3.8) is 0 Å². The number of halogens is 1. The first-order valence-electron chi connectivity index (χ1n) is 6.15. The van der Waals surface area contributed by atoms with Gasteiger partial charge in [-0.3, -0.25) is 4.98 Å². The summed E-state index contributed by atoms with van der Waals surface area (Å²) in [6.45, 7) is 0. The van der Waals surface area contributed by atoms with Crippen LogP contribution in [0.25, 0.3) is 0 Å². The van der Waals surface area contributed by atoms with Gasteiger partial charge in [0.2, 0.25) is 0 Å². The molecule has 0 aliphatic heterocycles. The number of rotatable bonds is 2. The van der Waals surface area contributed by atoms with Crippen molar-refractivity contribution in [1.29, 1.82) is 0 Å². The lowest BCUT2D eigenvalue weighted by atomic mass is 9.90. The lowest BCUT2D eigenvalue weighted by molar-refractivity contribution is 0.376. The maximum atomic E-state index is 6.35. The molecule has 1 fully saturated rings. The van der Waals surface area contributed by atoms with Gasteiger partial charge < -0.3 is 5.73 Å². The second kappa shape index (κ2) is 5.78. The molecule has 1 aliphatic rings. The molecule has 0 saturated heterocycles. The summed E-state index contributed by atoms with van der Waals surface area (Å²) >= 11 is 3.54. The first-order valence-corrected chi connectivity index (χ1v) is 6.94. The Balaban J connectivity index is 2.11. The molecule has 1 aromatic rings. The maximum absolute atomic E-state index is 6.35. The zero-order valence-corrected chi connectivity index (χ0v) is 11.1. The van der Waals surface area contributed by atoms with E-state index in [4.69, 9.17) is 5.73 Å². The number of hydrogen-bond acceptors (Lipinski definition) is 2. The summed E-state index contributed by atoms with van der Waals surface area (Å²) in [4.78, 5) is 4.41. The highest BCUT2D eigenvalue weighted by molar-refractivity contribution is 9.10. The Kier molecular flexibility index (Phi) is 4.36. The highest BCUT2D eigenvalue weighted by Gasteiger charge is 2.23. The molecule has 0 aromatic carbocycles. The van der Waals surface area contributed by atoms with E-state index in [1.807, 2.05) is 18.3 Å². The average molecular weight is 283 g/mol. The van der Waals surface area contributed by atoms with Crippen LogP contribution in [0.4, 0.5) is 0 Å². The Labute approximate surface area is 106 Å². The molecule has 1 saturated carbocycles. The van der Waals surface area contributed by atoms with Gasteiger partial charge in [0.05, 0.1) is 11.7 Å². The smallest absolute Gasteiger partial charge is 0.0715 e. The third-order valence-electron chi connectivity index (χ3n) is 3.51. The Morgan fingerprint density at radius 1 is 1.25 bits per heavy atom. The van der Waals surface area contributed by atoms with Gasteiger partial charge in [-0.05, 0) is 46.8 Å². The summed E-state index contributed by atoms with van der Waals surface area (Å²) in [5.41, 5.74) is 7.37. The second-order valence-corrected chi connectivity index (χ2v) is 5.50. The fourth-order valence-corrected chi connectivity index (χ4v) is 3.06. The van der Waals surface area contributed by atoms with Crippen LogP contribution in [-0.2, 0) is 0 Å². The van der Waals surface area contributed by atoms with Crippen LogP contribution in [0.3, 0.4) is 0 Å². The standard InChI is InChI=1S/C13H19BrN2/c14-11-8-5-9-16-13(11)12(15)10-6-3-1-2-4-7-10/h5,8-10,12H,1-4,6-7,15H2. The molecule has 0 spiro atoms. The quantitative estimate of drug-likeness (QED) is 0.838. The number of pyridine rings is 1.